The molecule has 2 N–H and O–H groups in total. The molecule has 1 saturated carbocycles. The summed E-state index contributed by atoms with van der Waals surface area (Å²) in [7, 11) is -0.108. The first-order valence-corrected chi connectivity index (χ1v) is 12.1. The number of fused-ring (bicyclic) bond motifs is 2. The molecule has 170 valence electrons. The second-order valence-electron chi connectivity index (χ2n) is 8.84. The van der Waals surface area contributed by atoms with Gasteiger partial charge in [-0.2, -0.15) is 0 Å². The highest BCUT2D eigenvalue weighted by Gasteiger charge is 2.49. The number of hydrogen-bond donors (Lipinski definition) is 2. The molecule has 0 amide bonds. The summed E-state index contributed by atoms with van der Waals surface area (Å²) in [6.07, 6.45) is 19.3. The summed E-state index contributed by atoms with van der Waals surface area (Å²) < 4.78 is 12.6. The first-order chi connectivity index (χ1) is 14.5. The Morgan fingerprint density at radius 3 is 2.60 bits per heavy atom. The smallest absolute Gasteiger partial charge is 0.457 e. The third-order valence-corrected chi connectivity index (χ3v) is 6.31. The van der Waals surface area contributed by atoms with E-state index < -0.39 is 5.97 Å². The molecule has 2 fully saturated rings. The largest absolute Gasteiger partial charge is 0.481 e. The van der Waals surface area contributed by atoms with Crippen molar-refractivity contribution in [3.05, 3.63) is 24.3 Å². The molecule has 1 aliphatic carbocycles. The minimum absolute atomic E-state index is 0.108. The molecule has 2 aliphatic rings. The minimum atomic E-state index is -0.737. The Labute approximate surface area is 183 Å². The van der Waals surface area contributed by atoms with Gasteiger partial charge in [0.05, 0.1) is 12.2 Å². The van der Waals surface area contributed by atoms with Crippen molar-refractivity contribution in [3.8, 4) is 0 Å². The van der Waals surface area contributed by atoms with Crippen molar-refractivity contribution in [2.45, 2.75) is 109 Å². The number of aliphatic hydroxyl groups is 1. The van der Waals surface area contributed by atoms with Gasteiger partial charge in [0.15, 0.2) is 0 Å². The van der Waals surface area contributed by atoms with E-state index in [0.717, 1.165) is 64.1 Å². The molecule has 0 spiro atoms. The first kappa shape index (κ1) is 25.2. The van der Waals surface area contributed by atoms with Gasteiger partial charge in [-0.3, -0.25) is 4.79 Å². The molecule has 1 unspecified atom stereocenters. The lowest BCUT2D eigenvalue weighted by molar-refractivity contribution is -0.137. The number of carbonyl (C=O) groups is 1. The van der Waals surface area contributed by atoms with Crippen LogP contribution in [0.4, 0.5) is 0 Å². The molecule has 2 bridgehead atoms. The van der Waals surface area contributed by atoms with E-state index in [1.165, 1.54) is 0 Å². The molecule has 5 atom stereocenters. The van der Waals surface area contributed by atoms with Crippen LogP contribution in [-0.4, -0.2) is 41.6 Å². The summed E-state index contributed by atoms with van der Waals surface area (Å²) in [5.74, 6) is -0.137. The highest BCUT2D eigenvalue weighted by atomic mass is 16.6. The van der Waals surface area contributed by atoms with E-state index in [1.54, 1.807) is 0 Å². The van der Waals surface area contributed by atoms with Gasteiger partial charge in [0.1, 0.15) is 0 Å². The average Bonchev–Trinajstić information content (AvgIpc) is 2.96. The molecular weight excluding hydrogens is 379 g/mol. The maximum Gasteiger partial charge on any atom is 0.457 e. The van der Waals surface area contributed by atoms with Crippen LogP contribution >= 0.6 is 0 Å². The van der Waals surface area contributed by atoms with Crippen molar-refractivity contribution in [1.29, 1.82) is 0 Å². The number of allylic oxidation sites excluding steroid dienone is 2. The molecular formula is C24H41BO5. The van der Waals surface area contributed by atoms with Crippen LogP contribution in [0.1, 0.15) is 84.5 Å². The fraction of sp³-hybridized carbons (Fsp3) is 0.792. The zero-order valence-corrected chi connectivity index (χ0v) is 18.9. The van der Waals surface area contributed by atoms with E-state index in [-0.39, 0.29) is 37.8 Å². The number of aliphatic hydroxyl groups excluding tert-OH is 1. The second-order valence-corrected chi connectivity index (χ2v) is 8.84. The van der Waals surface area contributed by atoms with Gasteiger partial charge >= 0.3 is 13.1 Å². The number of hydrogen-bond acceptors (Lipinski definition) is 4. The number of carboxylic acid groups (broad SMARTS) is 1. The van der Waals surface area contributed by atoms with Crippen LogP contribution in [0.25, 0.3) is 0 Å². The average molecular weight is 420 g/mol. The van der Waals surface area contributed by atoms with Gasteiger partial charge in [0.2, 0.25) is 0 Å². The monoisotopic (exact) mass is 420 g/mol. The van der Waals surface area contributed by atoms with E-state index in [0.29, 0.717) is 12.3 Å². The maximum atomic E-state index is 10.6. The van der Waals surface area contributed by atoms with Crippen LogP contribution in [-0.2, 0) is 14.1 Å². The van der Waals surface area contributed by atoms with Gasteiger partial charge < -0.3 is 19.5 Å². The van der Waals surface area contributed by atoms with Gasteiger partial charge in [0, 0.05) is 18.4 Å². The van der Waals surface area contributed by atoms with Crippen LogP contribution < -0.4 is 0 Å². The Bertz CT molecular complexity index is 550. The summed E-state index contributed by atoms with van der Waals surface area (Å²) >= 11 is 0. The van der Waals surface area contributed by atoms with Crippen molar-refractivity contribution >= 4 is 13.1 Å². The zero-order chi connectivity index (χ0) is 21.8. The van der Waals surface area contributed by atoms with E-state index in [9.17, 15) is 9.90 Å². The Morgan fingerprint density at radius 2 is 1.87 bits per heavy atom. The minimum Gasteiger partial charge on any atom is -0.481 e. The fourth-order valence-corrected chi connectivity index (χ4v) is 4.59. The van der Waals surface area contributed by atoms with Gasteiger partial charge in [-0.25, -0.2) is 0 Å². The molecule has 1 saturated heterocycles. The Morgan fingerprint density at radius 1 is 1.10 bits per heavy atom. The molecule has 0 aromatic carbocycles. The molecule has 30 heavy (non-hydrogen) atoms. The zero-order valence-electron chi connectivity index (χ0n) is 18.9. The number of carboxylic acids is 1. The predicted molar refractivity (Wildman–Crippen MR) is 121 cm³/mol. The molecule has 6 heteroatoms. The third kappa shape index (κ3) is 8.56. The lowest BCUT2D eigenvalue weighted by Gasteiger charge is -2.27. The maximum absolute atomic E-state index is 10.6. The number of rotatable bonds is 15. The van der Waals surface area contributed by atoms with Crippen LogP contribution in [0, 0.1) is 11.8 Å². The molecule has 0 aromatic heterocycles. The van der Waals surface area contributed by atoms with E-state index >= 15 is 0 Å². The van der Waals surface area contributed by atoms with Crippen LogP contribution in [0.3, 0.4) is 0 Å². The lowest BCUT2D eigenvalue weighted by Crippen LogP contribution is -2.37. The summed E-state index contributed by atoms with van der Waals surface area (Å²) in [6, 6.07) is 0. The molecule has 5 nitrogen and oxygen atoms in total. The fourth-order valence-electron chi connectivity index (χ4n) is 4.59. The molecule has 0 aromatic rings. The quantitative estimate of drug-likeness (QED) is 0.211. The summed E-state index contributed by atoms with van der Waals surface area (Å²) in [4.78, 5) is 10.6. The number of unbranched alkanes of at least 4 members (excludes halogenated alkanes) is 4. The summed E-state index contributed by atoms with van der Waals surface area (Å²) in [5, 5.41) is 19.1. The Kier molecular flexibility index (Phi) is 11.8. The van der Waals surface area contributed by atoms with Crippen molar-refractivity contribution in [3.63, 3.8) is 0 Å². The van der Waals surface area contributed by atoms with Crippen LogP contribution in [0.5, 0.6) is 0 Å². The van der Waals surface area contributed by atoms with Crippen LogP contribution in [0.2, 0.25) is 6.32 Å². The van der Waals surface area contributed by atoms with Gasteiger partial charge in [-0.15, -0.1) is 0 Å². The van der Waals surface area contributed by atoms with Gasteiger partial charge in [-0.1, -0.05) is 70.3 Å². The van der Waals surface area contributed by atoms with Crippen LogP contribution in [0.15, 0.2) is 24.3 Å². The highest BCUT2D eigenvalue weighted by molar-refractivity contribution is 6.44. The predicted octanol–water partition coefficient (Wildman–Crippen LogP) is 5.39. The number of aliphatic carboxylic acids is 1. The van der Waals surface area contributed by atoms with Crippen molar-refractivity contribution < 1.29 is 24.3 Å². The molecule has 1 aliphatic heterocycles. The second kappa shape index (κ2) is 14.1. The van der Waals surface area contributed by atoms with Gasteiger partial charge in [0.25, 0.3) is 0 Å². The molecule has 1 heterocycles. The summed E-state index contributed by atoms with van der Waals surface area (Å²) in [5.41, 5.74) is 0. The summed E-state index contributed by atoms with van der Waals surface area (Å²) in [6.45, 7) is 4.36. The SMILES string of the molecule is CCCCC[C@H](O)C=CC1[C@@H](CC=CCCCC(=O)O)[C@@H]2C[C@H]1OB(CCCC)O2. The van der Waals surface area contributed by atoms with Crippen molar-refractivity contribution in [1.82, 2.24) is 0 Å². The van der Waals surface area contributed by atoms with E-state index in [2.05, 4.69) is 32.1 Å². The normalized spacial score (nSPS) is 27.4. The van der Waals surface area contributed by atoms with E-state index in [1.807, 2.05) is 6.08 Å². The highest BCUT2D eigenvalue weighted by Crippen LogP contribution is 2.44. The van der Waals surface area contributed by atoms with Gasteiger partial charge in [-0.05, 0) is 44.3 Å². The first-order valence-electron chi connectivity index (χ1n) is 12.1. The standard InChI is InChI=1S/C24H41BO5/c1-3-5-9-12-19(26)15-16-21-20(13-10-7-8-11-14-24(27)28)22-18-23(21)30-25(29-22)17-6-4-2/h7,10,15-16,19-23,26H,3-6,8-9,11-14,17-18H2,1-2H3,(H,27,28)/t19-,20+,21?,22-,23+/m0/s1. The molecule has 2 rings (SSSR count). The topological polar surface area (TPSA) is 76.0 Å². The third-order valence-electron chi connectivity index (χ3n) is 6.31. The molecule has 0 radical (unpaired) electrons. The lowest BCUT2D eigenvalue weighted by atomic mass is 9.80. The van der Waals surface area contributed by atoms with Crippen molar-refractivity contribution in [2.24, 2.45) is 11.8 Å². The van der Waals surface area contributed by atoms with E-state index in [4.69, 9.17) is 14.4 Å². The van der Waals surface area contributed by atoms with Crippen molar-refractivity contribution in [2.75, 3.05) is 0 Å². The Hall–Kier alpha value is -1.11. The Balaban J connectivity index is 1.95.